The summed E-state index contributed by atoms with van der Waals surface area (Å²) in [6.07, 6.45) is 8.38. The van der Waals surface area contributed by atoms with Crippen molar-refractivity contribution in [2.24, 2.45) is 5.92 Å². The Labute approximate surface area is 102 Å². The van der Waals surface area contributed by atoms with Gasteiger partial charge >= 0.3 is 0 Å². The van der Waals surface area contributed by atoms with Crippen molar-refractivity contribution in [3.05, 3.63) is 12.7 Å². The van der Waals surface area contributed by atoms with E-state index in [4.69, 9.17) is 4.74 Å². The van der Waals surface area contributed by atoms with Crippen LogP contribution in [0.4, 0.5) is 0 Å². The van der Waals surface area contributed by atoms with Gasteiger partial charge in [-0.2, -0.15) is 0 Å². The van der Waals surface area contributed by atoms with Crippen LogP contribution in [0, 0.1) is 5.92 Å². The highest BCUT2D eigenvalue weighted by Gasteiger charge is 2.20. The van der Waals surface area contributed by atoms with Crippen molar-refractivity contribution in [2.45, 2.75) is 78.4 Å². The number of allylic oxidation sites excluding steroid dienone is 1. The van der Waals surface area contributed by atoms with Gasteiger partial charge in [0.25, 0.3) is 0 Å². The molecule has 0 saturated heterocycles. The number of ether oxygens (including phenoxy) is 1. The van der Waals surface area contributed by atoms with Crippen LogP contribution in [0.3, 0.4) is 0 Å². The van der Waals surface area contributed by atoms with Crippen molar-refractivity contribution in [3.8, 4) is 0 Å². The fourth-order valence-electron chi connectivity index (χ4n) is 1.99. The van der Waals surface area contributed by atoms with E-state index in [2.05, 4.69) is 41.2 Å². The lowest BCUT2D eigenvalue weighted by atomic mass is 9.96. The summed E-state index contributed by atoms with van der Waals surface area (Å²) in [5, 5.41) is 0. The third-order valence-electron chi connectivity index (χ3n) is 2.63. The summed E-state index contributed by atoms with van der Waals surface area (Å²) < 4.78 is 6.12. The van der Waals surface area contributed by atoms with Crippen LogP contribution in [0.15, 0.2) is 12.7 Å². The van der Waals surface area contributed by atoms with Gasteiger partial charge in [-0.1, -0.05) is 32.8 Å². The van der Waals surface area contributed by atoms with Crippen molar-refractivity contribution in [3.63, 3.8) is 0 Å². The molecule has 0 aromatic carbocycles. The normalized spacial score (nSPS) is 15.8. The first-order valence-electron chi connectivity index (χ1n) is 6.67. The Balaban J connectivity index is 4.13. The van der Waals surface area contributed by atoms with Gasteiger partial charge in [-0.05, 0) is 46.0 Å². The molecule has 1 heteroatoms. The summed E-state index contributed by atoms with van der Waals surface area (Å²) in [4.78, 5) is 0. The predicted molar refractivity (Wildman–Crippen MR) is 72.7 cm³/mol. The molecule has 0 N–H and O–H groups in total. The molecule has 16 heavy (non-hydrogen) atoms. The Hall–Kier alpha value is -0.300. The minimum absolute atomic E-state index is 0.0215. The van der Waals surface area contributed by atoms with Crippen molar-refractivity contribution >= 4 is 0 Å². The van der Waals surface area contributed by atoms with E-state index >= 15 is 0 Å². The van der Waals surface area contributed by atoms with E-state index in [9.17, 15) is 0 Å². The summed E-state index contributed by atoms with van der Waals surface area (Å²) in [6, 6.07) is 0. The highest BCUT2D eigenvalue weighted by molar-refractivity contribution is 4.75. The molecule has 0 aromatic heterocycles. The molecule has 0 amide bonds. The number of unbranched alkanes of at least 4 members (excludes halogenated alkanes) is 1. The molecule has 0 bridgehead atoms. The van der Waals surface area contributed by atoms with Gasteiger partial charge in [0.1, 0.15) is 0 Å². The number of hydrogen-bond acceptors (Lipinski definition) is 1. The van der Waals surface area contributed by atoms with E-state index < -0.39 is 0 Å². The van der Waals surface area contributed by atoms with E-state index in [0.717, 1.165) is 12.8 Å². The van der Waals surface area contributed by atoms with Crippen molar-refractivity contribution in [2.75, 3.05) is 0 Å². The molecule has 0 radical (unpaired) electrons. The van der Waals surface area contributed by atoms with E-state index in [1.807, 2.05) is 6.08 Å². The molecule has 0 rings (SSSR count). The molecule has 0 saturated carbocycles. The minimum atomic E-state index is -0.0215. The molecule has 0 fully saturated rings. The second-order valence-electron chi connectivity index (χ2n) is 5.86. The molecule has 0 aliphatic heterocycles. The summed E-state index contributed by atoms with van der Waals surface area (Å²) in [7, 11) is 0. The lowest BCUT2D eigenvalue weighted by Gasteiger charge is -2.29. The lowest BCUT2D eigenvalue weighted by molar-refractivity contribution is -0.0717. The van der Waals surface area contributed by atoms with E-state index in [1.165, 1.54) is 19.3 Å². The van der Waals surface area contributed by atoms with Gasteiger partial charge in [-0.15, -0.1) is 6.58 Å². The first-order chi connectivity index (χ1) is 7.39. The molecule has 0 aliphatic rings. The quantitative estimate of drug-likeness (QED) is 0.531. The van der Waals surface area contributed by atoms with E-state index in [1.54, 1.807) is 0 Å². The molecule has 96 valence electrons. The standard InChI is InChI=1S/C15H30O/c1-7-9-11-14(16-15(4,5)6)12-13(3)10-8-2/h8,13-14H,2,7,9-12H2,1,3-6H3/t13-,14-/m0/s1. The van der Waals surface area contributed by atoms with Gasteiger partial charge in [0.15, 0.2) is 0 Å². The summed E-state index contributed by atoms with van der Waals surface area (Å²) in [5.41, 5.74) is -0.0215. The fourth-order valence-corrected chi connectivity index (χ4v) is 1.99. The molecule has 0 aromatic rings. The SMILES string of the molecule is C=CC[C@H](C)C[C@H](CCCC)OC(C)(C)C. The van der Waals surface area contributed by atoms with Crippen LogP contribution < -0.4 is 0 Å². The molecule has 2 atom stereocenters. The Bertz CT molecular complexity index is 178. The molecular weight excluding hydrogens is 196 g/mol. The smallest absolute Gasteiger partial charge is 0.0602 e. The highest BCUT2D eigenvalue weighted by atomic mass is 16.5. The lowest BCUT2D eigenvalue weighted by Crippen LogP contribution is -2.28. The van der Waals surface area contributed by atoms with Gasteiger partial charge in [-0.3, -0.25) is 0 Å². The van der Waals surface area contributed by atoms with Crippen LogP contribution in [-0.2, 0) is 4.74 Å². The Morgan fingerprint density at radius 3 is 2.38 bits per heavy atom. The Kier molecular flexibility index (Phi) is 7.74. The third kappa shape index (κ3) is 8.96. The predicted octanol–water partition coefficient (Wildman–Crippen LogP) is 4.96. The van der Waals surface area contributed by atoms with Crippen LogP contribution in [0.1, 0.15) is 66.7 Å². The van der Waals surface area contributed by atoms with Crippen LogP contribution >= 0.6 is 0 Å². The second kappa shape index (κ2) is 7.89. The topological polar surface area (TPSA) is 9.23 Å². The van der Waals surface area contributed by atoms with Crippen LogP contribution in [0.5, 0.6) is 0 Å². The molecule has 0 spiro atoms. The zero-order valence-electron chi connectivity index (χ0n) is 11.9. The maximum absolute atomic E-state index is 6.12. The molecule has 0 aliphatic carbocycles. The van der Waals surface area contributed by atoms with E-state index in [0.29, 0.717) is 12.0 Å². The van der Waals surface area contributed by atoms with Gasteiger partial charge in [-0.25, -0.2) is 0 Å². The maximum atomic E-state index is 6.12. The molecule has 0 unspecified atom stereocenters. The van der Waals surface area contributed by atoms with Crippen molar-refractivity contribution in [1.29, 1.82) is 0 Å². The molecule has 1 nitrogen and oxygen atoms in total. The average molecular weight is 226 g/mol. The minimum Gasteiger partial charge on any atom is -0.373 e. The average Bonchev–Trinajstić information content (AvgIpc) is 2.12. The van der Waals surface area contributed by atoms with Crippen LogP contribution in [-0.4, -0.2) is 11.7 Å². The number of rotatable bonds is 8. The highest BCUT2D eigenvalue weighted by Crippen LogP contribution is 2.22. The summed E-state index contributed by atoms with van der Waals surface area (Å²) >= 11 is 0. The first-order valence-corrected chi connectivity index (χ1v) is 6.67. The summed E-state index contributed by atoms with van der Waals surface area (Å²) in [5.74, 6) is 0.682. The van der Waals surface area contributed by atoms with Crippen molar-refractivity contribution in [1.82, 2.24) is 0 Å². The third-order valence-corrected chi connectivity index (χ3v) is 2.63. The Morgan fingerprint density at radius 2 is 1.94 bits per heavy atom. The van der Waals surface area contributed by atoms with Gasteiger partial charge < -0.3 is 4.74 Å². The van der Waals surface area contributed by atoms with Gasteiger partial charge in [0, 0.05) is 0 Å². The van der Waals surface area contributed by atoms with E-state index in [-0.39, 0.29) is 5.60 Å². The van der Waals surface area contributed by atoms with Crippen molar-refractivity contribution < 1.29 is 4.74 Å². The summed E-state index contributed by atoms with van der Waals surface area (Å²) in [6.45, 7) is 14.8. The second-order valence-corrected chi connectivity index (χ2v) is 5.86. The zero-order chi connectivity index (χ0) is 12.6. The van der Waals surface area contributed by atoms with Gasteiger partial charge in [0.2, 0.25) is 0 Å². The first kappa shape index (κ1) is 15.7. The molecule has 0 heterocycles. The van der Waals surface area contributed by atoms with Crippen LogP contribution in [0.2, 0.25) is 0 Å². The maximum Gasteiger partial charge on any atom is 0.0602 e. The monoisotopic (exact) mass is 226 g/mol. The van der Waals surface area contributed by atoms with Crippen LogP contribution in [0.25, 0.3) is 0 Å². The number of hydrogen-bond donors (Lipinski definition) is 0. The zero-order valence-corrected chi connectivity index (χ0v) is 11.9. The molecular formula is C15H30O. The fraction of sp³-hybridized carbons (Fsp3) is 0.867. The largest absolute Gasteiger partial charge is 0.373 e. The Morgan fingerprint density at radius 1 is 1.31 bits per heavy atom. The van der Waals surface area contributed by atoms with Gasteiger partial charge in [0.05, 0.1) is 11.7 Å².